The van der Waals surface area contributed by atoms with E-state index in [0.717, 1.165) is 40.9 Å². The molecule has 2 N–H and O–H groups in total. The van der Waals surface area contributed by atoms with Gasteiger partial charge >= 0.3 is 0 Å². The number of aromatic nitrogens is 5. The lowest BCUT2D eigenvalue weighted by Gasteiger charge is -2.25. The predicted molar refractivity (Wildman–Crippen MR) is 111 cm³/mol. The quantitative estimate of drug-likeness (QED) is 0.536. The van der Waals surface area contributed by atoms with Crippen molar-refractivity contribution in [2.75, 3.05) is 20.8 Å². The molecule has 30 heavy (non-hydrogen) atoms. The lowest BCUT2D eigenvalue weighted by molar-refractivity contribution is -0.952. The molecule has 1 fully saturated rings. The molecule has 2 aromatic heterocycles. The van der Waals surface area contributed by atoms with Crippen LogP contribution in [0.15, 0.2) is 29.1 Å². The fraction of sp³-hybridized carbons (Fsp3) is 0.524. The zero-order chi connectivity index (χ0) is 20.9. The Morgan fingerprint density at radius 1 is 1.20 bits per heavy atom. The average molecular weight is 414 g/mol. The van der Waals surface area contributed by atoms with E-state index >= 15 is 0 Å². The fourth-order valence-corrected chi connectivity index (χ4v) is 4.32. The fourth-order valence-electron chi connectivity index (χ4n) is 4.32. The van der Waals surface area contributed by atoms with Gasteiger partial charge in [0.1, 0.15) is 18.8 Å². The van der Waals surface area contributed by atoms with Gasteiger partial charge in [-0.3, -0.25) is 4.79 Å². The zero-order valence-electron chi connectivity index (χ0n) is 17.6. The second-order valence-corrected chi connectivity index (χ2v) is 7.88. The van der Waals surface area contributed by atoms with Gasteiger partial charge in [-0.25, -0.2) is 4.68 Å². The summed E-state index contributed by atoms with van der Waals surface area (Å²) in [5.74, 6) is 1.56. The van der Waals surface area contributed by atoms with Crippen LogP contribution in [0.3, 0.4) is 0 Å². The first-order valence-electron chi connectivity index (χ1n) is 10.5. The van der Waals surface area contributed by atoms with Gasteiger partial charge in [0.2, 0.25) is 5.82 Å². The Morgan fingerprint density at radius 2 is 2.03 bits per heavy atom. The van der Waals surface area contributed by atoms with E-state index < -0.39 is 0 Å². The number of fused-ring (bicyclic) bond motifs is 1. The van der Waals surface area contributed by atoms with E-state index in [1.807, 2.05) is 24.3 Å². The van der Waals surface area contributed by atoms with Crippen LogP contribution in [0.2, 0.25) is 0 Å². The smallest absolute Gasteiger partial charge is 0.257 e. The normalized spacial score (nSPS) is 15.7. The van der Waals surface area contributed by atoms with Crippen molar-refractivity contribution in [1.29, 1.82) is 0 Å². The number of rotatable bonds is 9. The highest BCUT2D eigenvalue weighted by Crippen LogP contribution is 2.19. The summed E-state index contributed by atoms with van der Waals surface area (Å²) in [6.45, 7) is 2.50. The molecule has 0 bridgehead atoms. The van der Waals surface area contributed by atoms with Gasteiger partial charge in [0, 0.05) is 13.2 Å². The van der Waals surface area contributed by atoms with Gasteiger partial charge in [-0.2, -0.15) is 0 Å². The molecule has 1 aliphatic carbocycles. The highest BCUT2D eigenvalue weighted by molar-refractivity contribution is 5.80. The monoisotopic (exact) mass is 413 g/mol. The first-order chi connectivity index (χ1) is 14.7. The third kappa shape index (κ3) is 4.52. The van der Waals surface area contributed by atoms with Crippen LogP contribution in [-0.2, 0) is 24.4 Å². The highest BCUT2D eigenvalue weighted by Gasteiger charge is 2.29. The van der Waals surface area contributed by atoms with Gasteiger partial charge in [-0.1, -0.05) is 0 Å². The number of nitrogens with one attached hydrogen (secondary N) is 2. The van der Waals surface area contributed by atoms with Crippen LogP contribution in [-0.4, -0.2) is 52.1 Å². The van der Waals surface area contributed by atoms with Crippen molar-refractivity contribution in [1.82, 2.24) is 25.2 Å². The molecule has 1 unspecified atom stereocenters. The zero-order valence-corrected chi connectivity index (χ0v) is 17.6. The second kappa shape index (κ2) is 9.36. The van der Waals surface area contributed by atoms with Gasteiger partial charge < -0.3 is 19.4 Å². The van der Waals surface area contributed by atoms with Crippen molar-refractivity contribution < 1.29 is 14.4 Å². The van der Waals surface area contributed by atoms with E-state index in [1.165, 1.54) is 17.7 Å². The van der Waals surface area contributed by atoms with Crippen LogP contribution in [0.1, 0.15) is 37.1 Å². The lowest BCUT2D eigenvalue weighted by atomic mass is 10.1. The molecule has 9 heteroatoms. The summed E-state index contributed by atoms with van der Waals surface area (Å²) in [7, 11) is 3.29. The van der Waals surface area contributed by atoms with Gasteiger partial charge in [0.25, 0.3) is 5.56 Å². The minimum atomic E-state index is -0.0507. The number of tetrazole rings is 1. The summed E-state index contributed by atoms with van der Waals surface area (Å²) < 4.78 is 12.2. The molecular weight excluding hydrogens is 384 g/mol. The van der Waals surface area contributed by atoms with E-state index in [4.69, 9.17) is 9.47 Å². The van der Waals surface area contributed by atoms with E-state index in [1.54, 1.807) is 18.9 Å². The Bertz CT molecular complexity index is 1040. The number of hydrogen-bond acceptors (Lipinski definition) is 6. The third-order valence-corrected chi connectivity index (χ3v) is 5.98. The van der Waals surface area contributed by atoms with Crippen LogP contribution >= 0.6 is 0 Å². The van der Waals surface area contributed by atoms with Crippen LogP contribution in [0.25, 0.3) is 10.9 Å². The van der Waals surface area contributed by atoms with Crippen LogP contribution in [0.5, 0.6) is 5.75 Å². The molecule has 1 aliphatic rings. The Kier molecular flexibility index (Phi) is 6.39. The SMILES string of the molecule is COCCn1nnnc1C[NH+](Cc1cc2ccc(OC)cc2[nH]c1=O)C1CCCC1. The van der Waals surface area contributed by atoms with Crippen LogP contribution in [0.4, 0.5) is 0 Å². The minimum absolute atomic E-state index is 0.0507. The molecule has 3 aromatic rings. The molecule has 0 saturated heterocycles. The van der Waals surface area contributed by atoms with Crippen molar-refractivity contribution in [2.45, 2.75) is 51.4 Å². The molecule has 2 heterocycles. The maximum absolute atomic E-state index is 12.8. The standard InChI is InChI=1S/C21H28N6O3/c1-29-10-9-27-20(23-24-25-27)14-26(17-5-3-4-6-17)13-16-11-15-7-8-18(30-2)12-19(15)22-21(16)28/h7-8,11-12,17H,3-6,9-10,13-14H2,1-2H3,(H,22,28)/p+1. The summed E-state index contributed by atoms with van der Waals surface area (Å²) >= 11 is 0. The van der Waals surface area contributed by atoms with Gasteiger partial charge in [-0.15, -0.1) is 5.10 Å². The molecule has 1 aromatic carbocycles. The molecule has 160 valence electrons. The molecule has 4 rings (SSSR count). The number of aromatic amines is 1. The maximum atomic E-state index is 12.8. The first-order valence-corrected chi connectivity index (χ1v) is 10.5. The molecule has 0 aliphatic heterocycles. The number of pyridine rings is 1. The largest absolute Gasteiger partial charge is 0.497 e. The summed E-state index contributed by atoms with van der Waals surface area (Å²) in [5, 5.41) is 13.2. The topological polar surface area (TPSA) is 99.4 Å². The van der Waals surface area contributed by atoms with E-state index in [-0.39, 0.29) is 5.56 Å². The molecule has 1 atom stereocenters. The predicted octanol–water partition coefficient (Wildman–Crippen LogP) is 0.697. The summed E-state index contributed by atoms with van der Waals surface area (Å²) in [6.07, 6.45) is 4.79. The van der Waals surface area contributed by atoms with E-state index in [2.05, 4.69) is 20.5 Å². The van der Waals surface area contributed by atoms with Crippen molar-refractivity contribution in [3.8, 4) is 5.75 Å². The Hall–Kier alpha value is -2.78. The van der Waals surface area contributed by atoms with Crippen molar-refractivity contribution in [3.05, 3.63) is 46.0 Å². The van der Waals surface area contributed by atoms with Gasteiger partial charge in [0.15, 0.2) is 0 Å². The van der Waals surface area contributed by atoms with E-state index in [0.29, 0.717) is 32.3 Å². The summed E-state index contributed by atoms with van der Waals surface area (Å²) in [4.78, 5) is 17.2. The number of benzene rings is 1. The van der Waals surface area contributed by atoms with Crippen molar-refractivity contribution >= 4 is 10.9 Å². The Balaban J connectivity index is 1.60. The Morgan fingerprint density at radius 3 is 2.80 bits per heavy atom. The van der Waals surface area contributed by atoms with Crippen molar-refractivity contribution in [2.24, 2.45) is 0 Å². The average Bonchev–Trinajstić information content (AvgIpc) is 3.44. The number of methoxy groups -OCH3 is 2. The molecule has 9 nitrogen and oxygen atoms in total. The minimum Gasteiger partial charge on any atom is -0.497 e. The van der Waals surface area contributed by atoms with E-state index in [9.17, 15) is 4.79 Å². The third-order valence-electron chi connectivity index (χ3n) is 5.98. The number of ether oxygens (including phenoxy) is 2. The number of quaternary nitrogens is 1. The van der Waals surface area contributed by atoms with Gasteiger partial charge in [0.05, 0.1) is 37.4 Å². The summed E-state index contributed by atoms with van der Waals surface area (Å²) in [6, 6.07) is 8.25. The first kappa shape index (κ1) is 20.5. The van der Waals surface area contributed by atoms with Crippen LogP contribution in [0, 0.1) is 0 Å². The number of hydrogen-bond donors (Lipinski definition) is 2. The molecule has 0 radical (unpaired) electrons. The van der Waals surface area contributed by atoms with Crippen molar-refractivity contribution in [3.63, 3.8) is 0 Å². The second-order valence-electron chi connectivity index (χ2n) is 7.88. The summed E-state index contributed by atoms with van der Waals surface area (Å²) in [5.41, 5.74) is 1.52. The number of nitrogens with zero attached hydrogens (tertiary/aromatic N) is 4. The highest BCUT2D eigenvalue weighted by atomic mass is 16.5. The lowest BCUT2D eigenvalue weighted by Crippen LogP contribution is -3.13. The molecular formula is C21H29N6O3+. The maximum Gasteiger partial charge on any atom is 0.257 e. The number of H-pyrrole nitrogens is 1. The molecule has 0 amide bonds. The Labute approximate surface area is 175 Å². The molecule has 0 spiro atoms. The van der Waals surface area contributed by atoms with Crippen LogP contribution < -0.4 is 15.2 Å². The molecule has 1 saturated carbocycles. The van der Waals surface area contributed by atoms with Gasteiger partial charge in [-0.05, 0) is 59.7 Å².